The summed E-state index contributed by atoms with van der Waals surface area (Å²) >= 11 is 5.89. The highest BCUT2D eigenvalue weighted by atomic mass is 35.5. The summed E-state index contributed by atoms with van der Waals surface area (Å²) in [6.07, 6.45) is 0.551. The largest absolute Gasteiger partial charge is 0.472 e. The van der Waals surface area contributed by atoms with Gasteiger partial charge in [-0.25, -0.2) is 9.48 Å². The standard InChI is InChI=1S/C18H16ClN3O4/c1-25-22(18(23)24)16-5-3-2-4-13(16)12-26-17-10-11-21(20-17)15-8-6-14(19)7-9-15/h2-11H,12H2,1H3,(H,23,24). The predicted molar refractivity (Wildman–Crippen MR) is 96.9 cm³/mol. The number of hydrogen-bond acceptors (Lipinski definition) is 4. The zero-order chi connectivity index (χ0) is 18.5. The van der Waals surface area contributed by atoms with Crippen LogP contribution in [0.3, 0.4) is 0 Å². The highest BCUT2D eigenvalue weighted by Gasteiger charge is 2.17. The van der Waals surface area contributed by atoms with Crippen molar-refractivity contribution >= 4 is 23.4 Å². The molecule has 0 spiro atoms. The third kappa shape index (κ3) is 3.96. The van der Waals surface area contributed by atoms with E-state index in [0.29, 0.717) is 22.2 Å². The Hall–Kier alpha value is -3.03. The predicted octanol–water partition coefficient (Wildman–Crippen LogP) is 4.15. The fourth-order valence-corrected chi connectivity index (χ4v) is 2.51. The van der Waals surface area contributed by atoms with Crippen molar-refractivity contribution in [2.45, 2.75) is 6.61 Å². The molecular formula is C18H16ClN3O4. The molecule has 1 heterocycles. The number of benzene rings is 2. The Morgan fingerprint density at radius 3 is 2.62 bits per heavy atom. The summed E-state index contributed by atoms with van der Waals surface area (Å²) in [5.41, 5.74) is 1.89. The van der Waals surface area contributed by atoms with Crippen molar-refractivity contribution in [2.24, 2.45) is 0 Å². The van der Waals surface area contributed by atoms with Gasteiger partial charge < -0.3 is 9.84 Å². The number of amides is 1. The molecule has 0 aliphatic carbocycles. The van der Waals surface area contributed by atoms with Gasteiger partial charge in [-0.1, -0.05) is 29.8 Å². The maximum atomic E-state index is 11.3. The van der Waals surface area contributed by atoms with Gasteiger partial charge in [0.1, 0.15) is 6.61 Å². The Bertz CT molecular complexity index is 895. The summed E-state index contributed by atoms with van der Waals surface area (Å²) in [6, 6.07) is 15.9. The van der Waals surface area contributed by atoms with Gasteiger partial charge in [-0.05, 0) is 30.3 Å². The number of para-hydroxylation sites is 1. The third-order valence-electron chi connectivity index (χ3n) is 3.60. The fourth-order valence-electron chi connectivity index (χ4n) is 2.38. The van der Waals surface area contributed by atoms with E-state index in [-0.39, 0.29) is 6.61 Å². The SMILES string of the molecule is CON(C(=O)O)c1ccccc1COc1ccn(-c2ccc(Cl)cc2)n1. The molecule has 3 aromatic rings. The Kier molecular flexibility index (Phi) is 5.40. The smallest absolute Gasteiger partial charge is 0.436 e. The van der Waals surface area contributed by atoms with Crippen LogP contribution in [0.15, 0.2) is 60.8 Å². The van der Waals surface area contributed by atoms with Crippen molar-refractivity contribution in [1.82, 2.24) is 9.78 Å². The minimum absolute atomic E-state index is 0.140. The van der Waals surface area contributed by atoms with E-state index < -0.39 is 6.09 Å². The summed E-state index contributed by atoms with van der Waals surface area (Å²) in [7, 11) is 1.29. The zero-order valence-corrected chi connectivity index (χ0v) is 14.6. The molecule has 0 aliphatic heterocycles. The van der Waals surface area contributed by atoms with Crippen molar-refractivity contribution < 1.29 is 19.5 Å². The number of rotatable bonds is 6. The second-order valence-electron chi connectivity index (χ2n) is 5.25. The van der Waals surface area contributed by atoms with Crippen molar-refractivity contribution in [1.29, 1.82) is 0 Å². The van der Waals surface area contributed by atoms with Crippen LogP contribution in [-0.4, -0.2) is 28.1 Å². The minimum Gasteiger partial charge on any atom is -0.472 e. The summed E-state index contributed by atoms with van der Waals surface area (Å²) in [5, 5.41) is 15.0. The van der Waals surface area contributed by atoms with Crippen LogP contribution in [0, 0.1) is 0 Å². The number of halogens is 1. The average Bonchev–Trinajstić information content (AvgIpc) is 3.11. The Balaban J connectivity index is 1.74. The van der Waals surface area contributed by atoms with Gasteiger partial charge in [-0.15, -0.1) is 5.10 Å². The van der Waals surface area contributed by atoms with Crippen LogP contribution in [0.5, 0.6) is 5.88 Å². The number of carbonyl (C=O) groups is 1. The molecule has 0 fully saturated rings. The van der Waals surface area contributed by atoms with Crippen LogP contribution in [0.1, 0.15) is 5.56 Å². The molecule has 7 nitrogen and oxygen atoms in total. The fraction of sp³-hybridized carbons (Fsp3) is 0.111. The van der Waals surface area contributed by atoms with Crippen LogP contribution >= 0.6 is 11.6 Å². The lowest BCUT2D eigenvalue weighted by Gasteiger charge is -2.19. The number of ether oxygens (including phenoxy) is 1. The molecule has 1 N–H and O–H groups in total. The number of hydrogen-bond donors (Lipinski definition) is 1. The van der Waals surface area contributed by atoms with Gasteiger partial charge in [0.05, 0.1) is 18.5 Å². The molecule has 2 aromatic carbocycles. The van der Waals surface area contributed by atoms with E-state index in [9.17, 15) is 9.90 Å². The number of nitrogens with zero attached hydrogens (tertiary/aromatic N) is 3. The average molecular weight is 374 g/mol. The first kappa shape index (κ1) is 17.8. The van der Waals surface area contributed by atoms with Crippen LogP contribution in [-0.2, 0) is 11.4 Å². The van der Waals surface area contributed by atoms with Crippen molar-refractivity contribution in [2.75, 3.05) is 12.2 Å². The van der Waals surface area contributed by atoms with E-state index in [1.54, 1.807) is 53.3 Å². The van der Waals surface area contributed by atoms with Crippen LogP contribution in [0.25, 0.3) is 5.69 Å². The van der Waals surface area contributed by atoms with E-state index >= 15 is 0 Å². The molecule has 3 rings (SSSR count). The molecule has 0 saturated heterocycles. The van der Waals surface area contributed by atoms with Crippen molar-refractivity contribution in [3.05, 3.63) is 71.4 Å². The van der Waals surface area contributed by atoms with E-state index in [4.69, 9.17) is 21.2 Å². The van der Waals surface area contributed by atoms with Gasteiger partial charge in [-0.3, -0.25) is 4.84 Å². The Morgan fingerprint density at radius 1 is 1.19 bits per heavy atom. The molecule has 134 valence electrons. The molecule has 1 aromatic heterocycles. The van der Waals surface area contributed by atoms with Gasteiger partial charge in [0.15, 0.2) is 0 Å². The molecule has 0 radical (unpaired) electrons. The van der Waals surface area contributed by atoms with E-state index in [1.807, 2.05) is 12.1 Å². The highest BCUT2D eigenvalue weighted by molar-refractivity contribution is 6.30. The van der Waals surface area contributed by atoms with Gasteiger partial charge in [-0.2, -0.15) is 5.06 Å². The van der Waals surface area contributed by atoms with Crippen LogP contribution < -0.4 is 9.80 Å². The van der Waals surface area contributed by atoms with E-state index in [2.05, 4.69) is 5.10 Å². The van der Waals surface area contributed by atoms with Crippen LogP contribution in [0.4, 0.5) is 10.5 Å². The van der Waals surface area contributed by atoms with Crippen molar-refractivity contribution in [3.8, 4) is 11.6 Å². The normalized spacial score (nSPS) is 10.5. The van der Waals surface area contributed by atoms with Crippen molar-refractivity contribution in [3.63, 3.8) is 0 Å². The molecule has 8 heteroatoms. The van der Waals surface area contributed by atoms with Gasteiger partial charge in [0, 0.05) is 22.8 Å². The molecule has 0 saturated carbocycles. The zero-order valence-electron chi connectivity index (χ0n) is 13.9. The quantitative estimate of drug-likeness (QED) is 0.657. The first-order valence-corrected chi connectivity index (χ1v) is 8.06. The van der Waals surface area contributed by atoms with E-state index in [0.717, 1.165) is 10.8 Å². The summed E-state index contributed by atoms with van der Waals surface area (Å²) in [4.78, 5) is 16.2. The molecule has 26 heavy (non-hydrogen) atoms. The van der Waals surface area contributed by atoms with Gasteiger partial charge in [0.2, 0.25) is 5.88 Å². The minimum atomic E-state index is -1.22. The molecule has 1 amide bonds. The first-order valence-electron chi connectivity index (χ1n) is 7.68. The molecule has 0 bridgehead atoms. The van der Waals surface area contributed by atoms with E-state index in [1.165, 1.54) is 7.11 Å². The first-order chi connectivity index (χ1) is 12.6. The molecule has 0 aliphatic rings. The summed E-state index contributed by atoms with van der Waals surface area (Å²) in [6.45, 7) is 0.140. The topological polar surface area (TPSA) is 76.8 Å². The van der Waals surface area contributed by atoms with Gasteiger partial charge in [0.25, 0.3) is 0 Å². The van der Waals surface area contributed by atoms with Crippen LogP contribution in [0.2, 0.25) is 5.02 Å². The maximum absolute atomic E-state index is 11.3. The van der Waals surface area contributed by atoms with Gasteiger partial charge >= 0.3 is 6.09 Å². The number of aromatic nitrogens is 2. The number of hydroxylamine groups is 1. The number of anilines is 1. The molecule has 0 unspecified atom stereocenters. The lowest BCUT2D eigenvalue weighted by Crippen LogP contribution is -2.28. The second-order valence-corrected chi connectivity index (χ2v) is 5.69. The molecule has 0 atom stereocenters. The lowest BCUT2D eigenvalue weighted by molar-refractivity contribution is 0.129. The second kappa shape index (κ2) is 7.90. The monoisotopic (exact) mass is 373 g/mol. The maximum Gasteiger partial charge on any atom is 0.436 e. The Labute approximate surface area is 154 Å². The number of carboxylic acid groups (broad SMARTS) is 1. The Morgan fingerprint density at radius 2 is 1.92 bits per heavy atom. The highest BCUT2D eigenvalue weighted by Crippen LogP contribution is 2.23. The summed E-state index contributed by atoms with van der Waals surface area (Å²) < 4.78 is 7.36. The third-order valence-corrected chi connectivity index (χ3v) is 3.85. The summed E-state index contributed by atoms with van der Waals surface area (Å²) in [5.74, 6) is 0.411. The molecular weight excluding hydrogens is 358 g/mol. The lowest BCUT2D eigenvalue weighted by atomic mass is 10.2.